The van der Waals surface area contributed by atoms with E-state index in [1.165, 1.54) is 0 Å². The Hall–Kier alpha value is -3.19. The highest BCUT2D eigenvalue weighted by atomic mass is 32.1. The summed E-state index contributed by atoms with van der Waals surface area (Å²) in [6, 6.07) is 13.5. The van der Waals surface area contributed by atoms with Crippen LogP contribution in [0, 0.1) is 13.8 Å². The highest BCUT2D eigenvalue weighted by Crippen LogP contribution is 2.35. The summed E-state index contributed by atoms with van der Waals surface area (Å²) >= 11 is 1.59. The Kier molecular flexibility index (Phi) is 4.55. The molecule has 0 radical (unpaired) electrons. The number of nitrogens with one attached hydrogen (secondary N) is 1. The standard InChI is InChI=1S/C23H22N4O2S/c1-13-21(14(2)27(3)26-13)23-25-18-9-8-15(12-20(18)30-23)22(28)24-17-10-11-29-19-7-5-4-6-16(17)19/h4-9,12,17H,10-11H2,1-3H3,(H,24,28). The summed E-state index contributed by atoms with van der Waals surface area (Å²) in [6.07, 6.45) is 0.759. The number of carbonyl (C=O) groups is 1. The van der Waals surface area contributed by atoms with Crippen molar-refractivity contribution >= 4 is 27.5 Å². The Bertz CT molecular complexity index is 1270. The van der Waals surface area contributed by atoms with Gasteiger partial charge in [0.15, 0.2) is 0 Å². The molecular weight excluding hydrogens is 396 g/mol. The highest BCUT2D eigenvalue weighted by Gasteiger charge is 2.23. The molecule has 2 aromatic carbocycles. The molecule has 7 heteroatoms. The zero-order chi connectivity index (χ0) is 20.8. The monoisotopic (exact) mass is 418 g/mol. The van der Waals surface area contributed by atoms with Crippen LogP contribution in [-0.4, -0.2) is 27.3 Å². The molecule has 1 aliphatic rings. The van der Waals surface area contributed by atoms with Gasteiger partial charge >= 0.3 is 0 Å². The van der Waals surface area contributed by atoms with Crippen LogP contribution >= 0.6 is 11.3 Å². The smallest absolute Gasteiger partial charge is 0.251 e. The molecule has 1 aliphatic heterocycles. The number of thiazole rings is 1. The number of aryl methyl sites for hydroxylation is 2. The van der Waals surface area contributed by atoms with E-state index in [4.69, 9.17) is 9.72 Å². The molecule has 152 valence electrons. The van der Waals surface area contributed by atoms with Crippen molar-refractivity contribution in [2.45, 2.75) is 26.3 Å². The molecule has 4 aromatic rings. The third-order valence-electron chi connectivity index (χ3n) is 5.64. The van der Waals surface area contributed by atoms with Gasteiger partial charge in [-0.1, -0.05) is 18.2 Å². The first-order valence-electron chi connectivity index (χ1n) is 9.95. The van der Waals surface area contributed by atoms with Gasteiger partial charge < -0.3 is 10.1 Å². The van der Waals surface area contributed by atoms with Crippen molar-refractivity contribution in [3.8, 4) is 16.3 Å². The second-order valence-corrected chi connectivity index (χ2v) is 8.60. The van der Waals surface area contributed by atoms with E-state index in [-0.39, 0.29) is 11.9 Å². The molecular formula is C23H22N4O2S. The lowest BCUT2D eigenvalue weighted by molar-refractivity contribution is 0.0925. The van der Waals surface area contributed by atoms with E-state index < -0.39 is 0 Å². The second kappa shape index (κ2) is 7.25. The molecule has 3 heterocycles. The zero-order valence-electron chi connectivity index (χ0n) is 17.1. The molecule has 0 bridgehead atoms. The maximum Gasteiger partial charge on any atom is 0.251 e. The van der Waals surface area contributed by atoms with Crippen LogP contribution < -0.4 is 10.1 Å². The van der Waals surface area contributed by atoms with Gasteiger partial charge in [-0.25, -0.2) is 4.98 Å². The van der Waals surface area contributed by atoms with Crippen LogP contribution in [0.2, 0.25) is 0 Å². The van der Waals surface area contributed by atoms with Crippen molar-refractivity contribution in [3.63, 3.8) is 0 Å². The Morgan fingerprint density at radius 2 is 2.07 bits per heavy atom. The van der Waals surface area contributed by atoms with Crippen molar-refractivity contribution in [1.29, 1.82) is 0 Å². The van der Waals surface area contributed by atoms with E-state index in [9.17, 15) is 4.79 Å². The van der Waals surface area contributed by atoms with Gasteiger partial charge in [-0.05, 0) is 38.1 Å². The van der Waals surface area contributed by atoms with Crippen LogP contribution in [0.1, 0.15) is 39.8 Å². The molecule has 30 heavy (non-hydrogen) atoms. The van der Waals surface area contributed by atoms with Crippen LogP contribution in [-0.2, 0) is 7.05 Å². The molecule has 0 saturated carbocycles. The topological polar surface area (TPSA) is 69.0 Å². The third-order valence-corrected chi connectivity index (χ3v) is 6.67. The van der Waals surface area contributed by atoms with Crippen LogP contribution in [0.5, 0.6) is 5.75 Å². The lowest BCUT2D eigenvalue weighted by Crippen LogP contribution is -2.32. The highest BCUT2D eigenvalue weighted by molar-refractivity contribution is 7.21. The van der Waals surface area contributed by atoms with E-state index >= 15 is 0 Å². The van der Waals surface area contributed by atoms with Gasteiger partial charge in [0.25, 0.3) is 5.91 Å². The number of nitrogens with zero attached hydrogens (tertiary/aromatic N) is 3. The van der Waals surface area contributed by atoms with Gasteiger partial charge in [0.2, 0.25) is 0 Å². The van der Waals surface area contributed by atoms with E-state index in [1.807, 2.05) is 68.0 Å². The van der Waals surface area contributed by atoms with Crippen LogP contribution in [0.15, 0.2) is 42.5 Å². The maximum absolute atomic E-state index is 13.0. The summed E-state index contributed by atoms with van der Waals surface area (Å²) in [7, 11) is 1.94. The lowest BCUT2D eigenvalue weighted by Gasteiger charge is -2.26. The van der Waals surface area contributed by atoms with Crippen LogP contribution in [0.3, 0.4) is 0 Å². The first-order valence-corrected chi connectivity index (χ1v) is 10.8. The number of hydrogen-bond acceptors (Lipinski definition) is 5. The second-order valence-electron chi connectivity index (χ2n) is 7.57. The van der Waals surface area contributed by atoms with Crippen LogP contribution in [0.4, 0.5) is 0 Å². The van der Waals surface area contributed by atoms with E-state index in [2.05, 4.69) is 10.4 Å². The molecule has 0 saturated heterocycles. The van der Waals surface area contributed by atoms with Gasteiger partial charge in [0.05, 0.1) is 34.1 Å². The summed E-state index contributed by atoms with van der Waals surface area (Å²) in [6.45, 7) is 4.65. The number of ether oxygens (including phenoxy) is 1. The number of fused-ring (bicyclic) bond motifs is 2. The molecule has 0 fully saturated rings. The van der Waals surface area contributed by atoms with Crippen molar-refractivity contribution < 1.29 is 9.53 Å². The molecule has 1 atom stereocenters. The minimum Gasteiger partial charge on any atom is -0.493 e. The van der Waals surface area contributed by atoms with E-state index in [0.29, 0.717) is 12.2 Å². The average molecular weight is 419 g/mol. The summed E-state index contributed by atoms with van der Waals surface area (Å²) in [5.41, 5.74) is 5.68. The Morgan fingerprint density at radius 3 is 2.87 bits per heavy atom. The molecule has 6 nitrogen and oxygen atoms in total. The zero-order valence-corrected chi connectivity index (χ0v) is 17.9. The van der Waals surface area contributed by atoms with Gasteiger partial charge in [-0.3, -0.25) is 9.48 Å². The molecule has 1 amide bonds. The van der Waals surface area contributed by atoms with Gasteiger partial charge in [0.1, 0.15) is 10.8 Å². The molecule has 1 unspecified atom stereocenters. The Morgan fingerprint density at radius 1 is 1.23 bits per heavy atom. The van der Waals surface area contributed by atoms with Crippen molar-refractivity contribution in [2.24, 2.45) is 7.05 Å². The number of hydrogen-bond donors (Lipinski definition) is 1. The molecule has 1 N–H and O–H groups in total. The van der Waals surface area contributed by atoms with Crippen molar-refractivity contribution in [1.82, 2.24) is 20.1 Å². The first-order chi connectivity index (χ1) is 14.5. The predicted octanol–water partition coefficient (Wildman–Crippen LogP) is 4.57. The number of benzene rings is 2. The van der Waals surface area contributed by atoms with Gasteiger partial charge in [0, 0.05) is 30.3 Å². The van der Waals surface area contributed by atoms with Crippen molar-refractivity contribution in [3.05, 3.63) is 65.0 Å². The molecule has 0 spiro atoms. The fourth-order valence-corrected chi connectivity index (χ4v) is 5.14. The quantitative estimate of drug-likeness (QED) is 0.529. The van der Waals surface area contributed by atoms with Gasteiger partial charge in [-0.15, -0.1) is 11.3 Å². The number of para-hydroxylation sites is 1. The summed E-state index contributed by atoms with van der Waals surface area (Å²) in [5.74, 6) is 0.765. The number of rotatable bonds is 3. The third kappa shape index (κ3) is 3.15. The minimum atomic E-state index is -0.0812. The summed E-state index contributed by atoms with van der Waals surface area (Å²) in [5, 5.41) is 8.60. The predicted molar refractivity (Wildman–Crippen MR) is 118 cm³/mol. The lowest BCUT2D eigenvalue weighted by atomic mass is 10.00. The number of carbonyl (C=O) groups excluding carboxylic acids is 1. The Balaban J connectivity index is 1.44. The number of aromatic nitrogens is 3. The fourth-order valence-electron chi connectivity index (χ4n) is 3.99. The Labute approximate surface area is 178 Å². The fraction of sp³-hybridized carbons (Fsp3) is 0.261. The largest absolute Gasteiger partial charge is 0.493 e. The SMILES string of the molecule is Cc1nn(C)c(C)c1-c1nc2ccc(C(=O)NC3CCOc4ccccc43)cc2s1. The van der Waals surface area contributed by atoms with Crippen LogP contribution in [0.25, 0.3) is 20.8 Å². The number of amides is 1. The van der Waals surface area contributed by atoms with Gasteiger partial charge in [-0.2, -0.15) is 5.10 Å². The normalized spacial score (nSPS) is 15.6. The maximum atomic E-state index is 13.0. The van der Waals surface area contributed by atoms with Crippen molar-refractivity contribution in [2.75, 3.05) is 6.61 Å². The average Bonchev–Trinajstić information content (AvgIpc) is 3.27. The molecule has 0 aliphatic carbocycles. The molecule has 2 aromatic heterocycles. The van der Waals surface area contributed by atoms with E-state index in [1.54, 1.807) is 11.3 Å². The molecule has 5 rings (SSSR count). The summed E-state index contributed by atoms with van der Waals surface area (Å²) in [4.78, 5) is 17.8. The minimum absolute atomic E-state index is 0.0455. The summed E-state index contributed by atoms with van der Waals surface area (Å²) < 4.78 is 8.57. The first kappa shape index (κ1) is 18.8. The van der Waals surface area contributed by atoms with E-state index in [0.717, 1.165) is 49.9 Å².